The van der Waals surface area contributed by atoms with Crippen molar-refractivity contribution in [3.05, 3.63) is 36.0 Å². The van der Waals surface area contributed by atoms with Crippen molar-refractivity contribution < 1.29 is 26.7 Å². The lowest BCUT2D eigenvalue weighted by Crippen LogP contribution is -2.60. The number of likely N-dealkylation sites (N-methyl/N-ethyl adjacent to an activating group) is 1. The molecule has 37 heavy (non-hydrogen) atoms. The molecule has 4 heterocycles. The zero-order chi connectivity index (χ0) is 26.3. The fraction of sp³-hybridized carbons (Fsp3) is 0.455. The maximum atomic E-state index is 14.2. The second kappa shape index (κ2) is 9.79. The first kappa shape index (κ1) is 25.2. The number of anilines is 2. The minimum atomic E-state index is -3.59. The zero-order valence-corrected chi connectivity index (χ0v) is 21.1. The number of hydrogen-bond acceptors (Lipinski definition) is 10. The lowest BCUT2D eigenvalue weighted by Gasteiger charge is -2.43. The second-order valence-electron chi connectivity index (χ2n) is 8.56. The molecule has 2 aliphatic rings. The maximum Gasteiger partial charge on any atom is 0.296 e. The van der Waals surface area contributed by atoms with Crippen LogP contribution in [0.1, 0.15) is 12.2 Å². The molecule has 5 rings (SSSR count). The molecular formula is C22H26F2N8O4S. The number of nitrogens with zero attached hydrogens (tertiary/aromatic N) is 8. The number of benzene rings is 1. The van der Waals surface area contributed by atoms with E-state index < -0.39 is 22.3 Å². The van der Waals surface area contributed by atoms with Gasteiger partial charge in [-0.1, -0.05) is 12.6 Å². The van der Waals surface area contributed by atoms with Gasteiger partial charge in [-0.3, -0.25) is 4.57 Å². The number of ether oxygens (including phenoxy) is 2. The first-order valence-corrected chi connectivity index (χ1v) is 13.0. The number of hydrogen-bond donors (Lipinski definition) is 0. The molecule has 2 aliphatic heterocycles. The highest BCUT2D eigenvalue weighted by Crippen LogP contribution is 2.33. The van der Waals surface area contributed by atoms with E-state index in [0.29, 0.717) is 56.6 Å². The summed E-state index contributed by atoms with van der Waals surface area (Å²) in [5.41, 5.74) is 0.619. The highest BCUT2D eigenvalue weighted by molar-refractivity contribution is 7.92. The van der Waals surface area contributed by atoms with Gasteiger partial charge in [-0.15, -0.1) is 0 Å². The van der Waals surface area contributed by atoms with E-state index in [1.165, 1.54) is 23.0 Å². The third kappa shape index (κ3) is 4.57. The van der Waals surface area contributed by atoms with E-state index in [0.717, 1.165) is 5.41 Å². The summed E-state index contributed by atoms with van der Waals surface area (Å²) >= 11 is 0. The number of methoxy groups -OCH3 is 1. The van der Waals surface area contributed by atoms with Gasteiger partial charge in [0.2, 0.25) is 27.9 Å². The predicted molar refractivity (Wildman–Crippen MR) is 132 cm³/mol. The molecule has 0 unspecified atom stereocenters. The van der Waals surface area contributed by atoms with Crippen molar-refractivity contribution in [2.24, 2.45) is 0 Å². The number of halogens is 2. The molecule has 2 fully saturated rings. The summed E-state index contributed by atoms with van der Waals surface area (Å²) in [7, 11) is -0.666. The first-order valence-electron chi connectivity index (χ1n) is 11.5. The molecule has 0 amide bonds. The van der Waals surface area contributed by atoms with Gasteiger partial charge in [0.1, 0.15) is 11.3 Å². The molecule has 2 saturated heterocycles. The Hall–Kier alpha value is -3.43. The molecule has 0 aliphatic carbocycles. The van der Waals surface area contributed by atoms with Crippen molar-refractivity contribution in [2.45, 2.75) is 12.5 Å². The van der Waals surface area contributed by atoms with Crippen LogP contribution in [0.5, 0.6) is 5.75 Å². The van der Waals surface area contributed by atoms with E-state index in [1.54, 1.807) is 23.1 Å². The molecule has 0 radical (unpaired) electrons. The lowest BCUT2D eigenvalue weighted by molar-refractivity contribution is 0.122. The SMILES string of the molecule is C=CS(=O)(=O)N(C)C1CN(c2nc(N3CCOCC3)nc(-n3c(C(F)F)nc4c(OC)cccc43)n2)C1. The van der Waals surface area contributed by atoms with Gasteiger partial charge < -0.3 is 19.3 Å². The highest BCUT2D eigenvalue weighted by Gasteiger charge is 2.37. The fourth-order valence-electron chi connectivity index (χ4n) is 4.28. The van der Waals surface area contributed by atoms with Gasteiger partial charge in [0, 0.05) is 38.6 Å². The molecule has 3 aromatic rings. The molecule has 2 aromatic heterocycles. The average molecular weight is 537 g/mol. The number of sulfonamides is 1. The zero-order valence-electron chi connectivity index (χ0n) is 20.3. The summed E-state index contributed by atoms with van der Waals surface area (Å²) in [4.78, 5) is 21.5. The summed E-state index contributed by atoms with van der Waals surface area (Å²) < 4.78 is 65.9. The molecule has 0 saturated carbocycles. The molecule has 15 heteroatoms. The Morgan fingerprint density at radius 3 is 2.38 bits per heavy atom. The minimum absolute atomic E-state index is 0.0203. The minimum Gasteiger partial charge on any atom is -0.494 e. The van der Waals surface area contributed by atoms with Crippen LogP contribution in [-0.2, 0) is 14.8 Å². The summed E-state index contributed by atoms with van der Waals surface area (Å²) in [5, 5.41) is 0.900. The van der Waals surface area contributed by atoms with Crippen LogP contribution in [0, 0.1) is 0 Å². The van der Waals surface area contributed by atoms with Crippen LogP contribution in [0.4, 0.5) is 20.7 Å². The van der Waals surface area contributed by atoms with E-state index in [9.17, 15) is 17.2 Å². The van der Waals surface area contributed by atoms with Crippen LogP contribution >= 0.6 is 0 Å². The van der Waals surface area contributed by atoms with Gasteiger partial charge in [-0.25, -0.2) is 22.2 Å². The standard InChI is InChI=1S/C22H26F2N8O4S/c1-4-37(33,34)29(2)14-12-31(13-14)21-26-20(30-8-10-36-11-9-30)27-22(28-21)32-15-6-5-7-16(35-3)17(15)25-19(32)18(23)24/h4-7,14,18H,1,8-13H2,2-3H3. The Morgan fingerprint density at radius 2 is 1.76 bits per heavy atom. The van der Waals surface area contributed by atoms with Crippen molar-refractivity contribution in [3.8, 4) is 11.7 Å². The summed E-state index contributed by atoms with van der Waals surface area (Å²) in [5.74, 6) is 0.356. The molecule has 1 aromatic carbocycles. The first-order chi connectivity index (χ1) is 17.7. The lowest BCUT2D eigenvalue weighted by atomic mass is 10.1. The number of imidazole rings is 1. The van der Waals surface area contributed by atoms with Crippen molar-refractivity contribution >= 4 is 33.0 Å². The van der Waals surface area contributed by atoms with Gasteiger partial charge in [-0.05, 0) is 12.1 Å². The summed E-state index contributed by atoms with van der Waals surface area (Å²) in [6.07, 6.45) is -2.91. The molecule has 0 bridgehead atoms. The van der Waals surface area contributed by atoms with Crippen molar-refractivity contribution in [3.63, 3.8) is 0 Å². The third-order valence-corrected chi connectivity index (χ3v) is 7.98. The number of alkyl halides is 2. The smallest absolute Gasteiger partial charge is 0.296 e. The molecule has 0 atom stereocenters. The van der Waals surface area contributed by atoms with E-state index in [1.807, 2.05) is 4.90 Å². The number of para-hydroxylation sites is 1. The van der Waals surface area contributed by atoms with Gasteiger partial charge in [-0.2, -0.15) is 19.3 Å². The van der Waals surface area contributed by atoms with E-state index >= 15 is 0 Å². The largest absolute Gasteiger partial charge is 0.494 e. The van der Waals surface area contributed by atoms with E-state index in [-0.39, 0.29) is 23.5 Å². The van der Waals surface area contributed by atoms with Crippen LogP contribution < -0.4 is 14.5 Å². The number of aromatic nitrogens is 5. The number of morpholine rings is 1. The van der Waals surface area contributed by atoms with Crippen LogP contribution in [-0.4, -0.2) is 96.8 Å². The Morgan fingerprint density at radius 1 is 1.11 bits per heavy atom. The van der Waals surface area contributed by atoms with Crippen molar-refractivity contribution in [1.29, 1.82) is 0 Å². The Balaban J connectivity index is 1.59. The maximum absolute atomic E-state index is 14.2. The number of fused-ring (bicyclic) bond motifs is 1. The summed E-state index contributed by atoms with van der Waals surface area (Å²) in [6, 6.07) is 4.64. The Bertz CT molecular complexity index is 1420. The number of rotatable bonds is 8. The average Bonchev–Trinajstić information content (AvgIpc) is 3.28. The topological polar surface area (TPSA) is 119 Å². The van der Waals surface area contributed by atoms with Crippen LogP contribution in [0.2, 0.25) is 0 Å². The Kier molecular flexibility index (Phi) is 6.68. The summed E-state index contributed by atoms with van der Waals surface area (Å²) in [6.45, 7) is 5.98. The van der Waals surface area contributed by atoms with Crippen molar-refractivity contribution in [2.75, 3.05) is 63.4 Å². The normalized spacial score (nSPS) is 17.0. The molecule has 0 N–H and O–H groups in total. The molecule has 12 nitrogen and oxygen atoms in total. The monoisotopic (exact) mass is 536 g/mol. The molecular weight excluding hydrogens is 510 g/mol. The van der Waals surface area contributed by atoms with Crippen molar-refractivity contribution in [1.82, 2.24) is 28.8 Å². The quantitative estimate of drug-likeness (QED) is 0.420. The van der Waals surface area contributed by atoms with Crippen LogP contribution in [0.15, 0.2) is 30.2 Å². The highest BCUT2D eigenvalue weighted by atomic mass is 32.2. The van der Waals surface area contributed by atoms with E-state index in [4.69, 9.17) is 9.47 Å². The Labute approximate surface area is 212 Å². The van der Waals surface area contributed by atoms with Gasteiger partial charge >= 0.3 is 0 Å². The van der Waals surface area contributed by atoms with Gasteiger partial charge in [0.05, 0.1) is 31.9 Å². The third-order valence-electron chi connectivity index (χ3n) is 6.45. The van der Waals surface area contributed by atoms with E-state index in [2.05, 4.69) is 26.5 Å². The van der Waals surface area contributed by atoms with Gasteiger partial charge in [0.15, 0.2) is 5.82 Å². The molecule has 0 spiro atoms. The van der Waals surface area contributed by atoms with Gasteiger partial charge in [0.25, 0.3) is 6.43 Å². The van der Waals surface area contributed by atoms with Crippen LogP contribution in [0.3, 0.4) is 0 Å². The predicted octanol–water partition coefficient (Wildman–Crippen LogP) is 1.59. The van der Waals surface area contributed by atoms with Crippen LogP contribution in [0.25, 0.3) is 17.0 Å². The molecule has 198 valence electrons. The second-order valence-corrected chi connectivity index (χ2v) is 10.5. The fourth-order valence-corrected chi connectivity index (χ4v) is 5.06.